The van der Waals surface area contributed by atoms with E-state index in [1.165, 1.54) is 0 Å². The molecule has 5 nitrogen and oxygen atoms in total. The van der Waals surface area contributed by atoms with Crippen LogP contribution in [0.1, 0.15) is 56.5 Å². The first-order valence-corrected chi connectivity index (χ1v) is 9.07. The van der Waals surface area contributed by atoms with Crippen LogP contribution in [0, 0.1) is 5.92 Å². The quantitative estimate of drug-likeness (QED) is 0.860. The van der Waals surface area contributed by atoms with E-state index >= 15 is 0 Å². The van der Waals surface area contributed by atoms with Gasteiger partial charge in [0.25, 0.3) is 5.91 Å². The molecule has 2 unspecified atom stereocenters. The maximum Gasteiger partial charge on any atom is 0.251 e. The number of amides is 2. The average Bonchev–Trinajstić information content (AvgIpc) is 3.01. The van der Waals surface area contributed by atoms with Gasteiger partial charge in [-0.25, -0.2) is 0 Å². The normalized spacial score (nSPS) is 20.6. The van der Waals surface area contributed by atoms with Gasteiger partial charge in [0.2, 0.25) is 5.91 Å². The van der Waals surface area contributed by atoms with Gasteiger partial charge < -0.3 is 15.3 Å². The first kappa shape index (κ1) is 19.4. The second-order valence-electron chi connectivity index (χ2n) is 7.80. The van der Waals surface area contributed by atoms with Gasteiger partial charge in [-0.15, -0.1) is 0 Å². The first-order chi connectivity index (χ1) is 11.8. The zero-order valence-corrected chi connectivity index (χ0v) is 15.7. The molecule has 138 valence electrons. The van der Waals surface area contributed by atoms with Crippen molar-refractivity contribution >= 4 is 11.8 Å². The van der Waals surface area contributed by atoms with Gasteiger partial charge in [-0.05, 0) is 36.0 Å². The van der Waals surface area contributed by atoms with Crippen LogP contribution in [0.4, 0.5) is 0 Å². The molecule has 0 spiro atoms. The fraction of sp³-hybridized carbons (Fsp3) is 0.600. The number of rotatable bonds is 5. The van der Waals surface area contributed by atoms with Crippen LogP contribution in [0.2, 0.25) is 0 Å². The first-order valence-electron chi connectivity index (χ1n) is 9.07. The molecule has 0 saturated carbocycles. The van der Waals surface area contributed by atoms with E-state index in [0.29, 0.717) is 12.1 Å². The Balaban J connectivity index is 1.92. The summed E-state index contributed by atoms with van der Waals surface area (Å²) in [5.41, 5.74) is 1.76. The van der Waals surface area contributed by atoms with Gasteiger partial charge in [0.1, 0.15) is 0 Å². The van der Waals surface area contributed by atoms with Gasteiger partial charge in [-0.2, -0.15) is 0 Å². The summed E-state index contributed by atoms with van der Waals surface area (Å²) >= 11 is 0. The molecule has 2 amide bonds. The molecule has 1 heterocycles. The van der Waals surface area contributed by atoms with E-state index < -0.39 is 0 Å². The summed E-state index contributed by atoms with van der Waals surface area (Å²) in [5.74, 6) is -0.170. The molecular formula is C20H30N2O3. The lowest BCUT2D eigenvalue weighted by Crippen LogP contribution is -2.44. The van der Waals surface area contributed by atoms with Crippen molar-refractivity contribution in [2.45, 2.75) is 52.0 Å². The lowest BCUT2D eigenvalue weighted by atomic mass is 9.87. The fourth-order valence-corrected chi connectivity index (χ4v) is 3.48. The van der Waals surface area contributed by atoms with Crippen LogP contribution in [0.3, 0.4) is 0 Å². The van der Waals surface area contributed by atoms with Crippen LogP contribution in [0.25, 0.3) is 0 Å². The van der Waals surface area contributed by atoms with Crippen molar-refractivity contribution in [1.82, 2.24) is 10.2 Å². The van der Waals surface area contributed by atoms with Crippen molar-refractivity contribution in [3.8, 4) is 0 Å². The maximum atomic E-state index is 12.4. The number of carbonyl (C=O) groups excluding carboxylic acids is 2. The van der Waals surface area contributed by atoms with Gasteiger partial charge in [-0.3, -0.25) is 9.59 Å². The SMILES string of the molecule is CCC1C(CO)CCN1C(=O)CNC(=O)c1ccc(C(C)(C)C)cc1. The molecule has 2 N–H and O–H groups in total. The summed E-state index contributed by atoms with van der Waals surface area (Å²) in [6.45, 7) is 9.15. The van der Waals surface area contributed by atoms with Crippen molar-refractivity contribution in [2.24, 2.45) is 5.92 Å². The van der Waals surface area contributed by atoms with Crippen molar-refractivity contribution in [1.29, 1.82) is 0 Å². The zero-order chi connectivity index (χ0) is 18.6. The number of likely N-dealkylation sites (tertiary alicyclic amines) is 1. The third-order valence-electron chi connectivity index (χ3n) is 5.07. The molecule has 5 heteroatoms. The van der Waals surface area contributed by atoms with E-state index in [4.69, 9.17) is 0 Å². The van der Waals surface area contributed by atoms with Crippen molar-refractivity contribution < 1.29 is 14.7 Å². The van der Waals surface area contributed by atoms with Gasteiger partial charge in [0.15, 0.2) is 0 Å². The van der Waals surface area contributed by atoms with Gasteiger partial charge in [0.05, 0.1) is 6.54 Å². The third kappa shape index (κ3) is 4.60. The summed E-state index contributed by atoms with van der Waals surface area (Å²) in [7, 11) is 0. The highest BCUT2D eigenvalue weighted by Gasteiger charge is 2.35. The molecule has 1 aromatic rings. The van der Waals surface area contributed by atoms with E-state index in [9.17, 15) is 14.7 Å². The fourth-order valence-electron chi connectivity index (χ4n) is 3.48. The van der Waals surface area contributed by atoms with Crippen LogP contribution in [0.15, 0.2) is 24.3 Å². The Morgan fingerprint density at radius 3 is 2.40 bits per heavy atom. The monoisotopic (exact) mass is 346 g/mol. The maximum absolute atomic E-state index is 12.4. The summed E-state index contributed by atoms with van der Waals surface area (Å²) in [4.78, 5) is 26.5. The molecule has 0 bridgehead atoms. The molecule has 0 aliphatic carbocycles. The number of hydrogen-bond acceptors (Lipinski definition) is 3. The van der Waals surface area contributed by atoms with Crippen molar-refractivity contribution in [3.05, 3.63) is 35.4 Å². The minimum atomic E-state index is -0.236. The second-order valence-corrected chi connectivity index (χ2v) is 7.80. The van der Waals surface area contributed by atoms with E-state index in [-0.39, 0.29) is 42.3 Å². The Morgan fingerprint density at radius 1 is 1.24 bits per heavy atom. The number of nitrogens with zero attached hydrogens (tertiary/aromatic N) is 1. The molecule has 1 fully saturated rings. The molecule has 2 atom stereocenters. The molecular weight excluding hydrogens is 316 g/mol. The Hall–Kier alpha value is -1.88. The molecule has 1 aliphatic rings. The third-order valence-corrected chi connectivity index (χ3v) is 5.07. The Bertz CT molecular complexity index is 604. The summed E-state index contributed by atoms with van der Waals surface area (Å²) in [6, 6.07) is 7.58. The minimum Gasteiger partial charge on any atom is -0.396 e. The number of aliphatic hydroxyl groups excluding tert-OH is 1. The largest absolute Gasteiger partial charge is 0.396 e. The molecule has 2 rings (SSSR count). The highest BCUT2D eigenvalue weighted by atomic mass is 16.3. The predicted molar refractivity (Wildman–Crippen MR) is 98.5 cm³/mol. The van der Waals surface area contributed by atoms with Gasteiger partial charge in [0, 0.05) is 30.7 Å². The molecule has 0 aromatic heterocycles. The molecule has 1 saturated heterocycles. The van der Waals surface area contributed by atoms with Crippen LogP contribution < -0.4 is 5.32 Å². The highest BCUT2D eigenvalue weighted by Crippen LogP contribution is 2.26. The van der Waals surface area contributed by atoms with E-state index in [2.05, 4.69) is 26.1 Å². The smallest absolute Gasteiger partial charge is 0.251 e. The van der Waals surface area contributed by atoms with E-state index in [0.717, 1.165) is 18.4 Å². The topological polar surface area (TPSA) is 69.6 Å². The minimum absolute atomic E-state index is 0.00545. The summed E-state index contributed by atoms with van der Waals surface area (Å²) in [6.07, 6.45) is 1.64. The van der Waals surface area contributed by atoms with Crippen LogP contribution in [-0.4, -0.2) is 47.6 Å². The molecule has 1 aliphatic heterocycles. The van der Waals surface area contributed by atoms with Crippen LogP contribution in [-0.2, 0) is 10.2 Å². The van der Waals surface area contributed by atoms with Crippen molar-refractivity contribution in [3.63, 3.8) is 0 Å². The lowest BCUT2D eigenvalue weighted by molar-refractivity contribution is -0.131. The number of aliphatic hydroxyl groups is 1. The highest BCUT2D eigenvalue weighted by molar-refractivity contribution is 5.96. The van der Waals surface area contributed by atoms with E-state index in [1.54, 1.807) is 17.0 Å². The predicted octanol–water partition coefficient (Wildman–Crippen LogP) is 2.33. The zero-order valence-electron chi connectivity index (χ0n) is 15.7. The Labute approximate surface area is 150 Å². The summed E-state index contributed by atoms with van der Waals surface area (Å²) in [5, 5.41) is 12.1. The second kappa shape index (κ2) is 8.00. The standard InChI is InChI=1S/C20H30N2O3/c1-5-17-15(13-23)10-11-22(17)18(24)12-21-19(25)14-6-8-16(9-7-14)20(2,3)4/h6-9,15,17,23H,5,10-13H2,1-4H3,(H,21,25). The average molecular weight is 346 g/mol. The molecule has 0 radical (unpaired) electrons. The van der Waals surface area contributed by atoms with Gasteiger partial charge >= 0.3 is 0 Å². The number of benzene rings is 1. The Kier molecular flexibility index (Phi) is 6.22. The number of carbonyl (C=O) groups is 2. The number of nitrogens with one attached hydrogen (secondary N) is 1. The van der Waals surface area contributed by atoms with Crippen molar-refractivity contribution in [2.75, 3.05) is 19.7 Å². The molecule has 1 aromatic carbocycles. The van der Waals surface area contributed by atoms with Crippen LogP contribution in [0.5, 0.6) is 0 Å². The summed E-state index contributed by atoms with van der Waals surface area (Å²) < 4.78 is 0. The number of hydrogen-bond donors (Lipinski definition) is 2. The van der Waals surface area contributed by atoms with E-state index in [1.807, 2.05) is 19.1 Å². The van der Waals surface area contributed by atoms with Gasteiger partial charge in [-0.1, -0.05) is 39.8 Å². The van der Waals surface area contributed by atoms with Crippen LogP contribution >= 0.6 is 0 Å². The Morgan fingerprint density at radius 2 is 1.88 bits per heavy atom. The lowest BCUT2D eigenvalue weighted by Gasteiger charge is -2.26. The molecule has 25 heavy (non-hydrogen) atoms.